The second kappa shape index (κ2) is 8.14. The predicted molar refractivity (Wildman–Crippen MR) is 102 cm³/mol. The van der Waals surface area contributed by atoms with E-state index in [2.05, 4.69) is 19.0 Å². The lowest BCUT2D eigenvalue weighted by molar-refractivity contribution is 0.167. The summed E-state index contributed by atoms with van der Waals surface area (Å²) in [5, 5.41) is 4.80. The quantitative estimate of drug-likeness (QED) is 0.564. The van der Waals surface area contributed by atoms with Gasteiger partial charge in [-0.05, 0) is 29.1 Å². The Morgan fingerprint density at radius 1 is 1.35 bits per heavy atom. The van der Waals surface area contributed by atoms with E-state index in [1.54, 1.807) is 13.2 Å². The van der Waals surface area contributed by atoms with Gasteiger partial charge in [0.05, 0.1) is 32.4 Å². The smallest absolute Gasteiger partial charge is 0.255 e. The average molecular weight is 376 g/mol. The van der Waals surface area contributed by atoms with Crippen LogP contribution >= 0.6 is 11.8 Å². The zero-order valence-corrected chi connectivity index (χ0v) is 16.3. The van der Waals surface area contributed by atoms with Gasteiger partial charge in [-0.2, -0.15) is 0 Å². The van der Waals surface area contributed by atoms with Crippen LogP contribution in [0, 0.1) is 5.41 Å². The highest BCUT2D eigenvalue weighted by Crippen LogP contribution is 2.31. The molecule has 1 atom stereocenters. The van der Waals surface area contributed by atoms with Gasteiger partial charge < -0.3 is 18.7 Å². The van der Waals surface area contributed by atoms with Gasteiger partial charge in [0, 0.05) is 5.41 Å². The molecule has 0 aliphatic carbocycles. The molecule has 2 heterocycles. The predicted octanol–water partition coefficient (Wildman–Crippen LogP) is 3.80. The molecule has 0 unspecified atom stereocenters. The molecule has 1 aromatic heterocycles. The van der Waals surface area contributed by atoms with E-state index in [0.717, 1.165) is 23.0 Å². The van der Waals surface area contributed by atoms with Crippen molar-refractivity contribution in [3.05, 3.63) is 41.7 Å². The Hall–Kier alpha value is -1.99. The van der Waals surface area contributed by atoms with Crippen LogP contribution in [-0.2, 0) is 11.3 Å². The number of thioether (sulfide) groups is 1. The van der Waals surface area contributed by atoms with Crippen molar-refractivity contribution in [2.45, 2.75) is 26.5 Å². The van der Waals surface area contributed by atoms with E-state index in [1.165, 1.54) is 11.8 Å². The van der Waals surface area contributed by atoms with Crippen molar-refractivity contribution >= 4 is 16.8 Å². The van der Waals surface area contributed by atoms with Gasteiger partial charge >= 0.3 is 0 Å². The Morgan fingerprint density at radius 2 is 2.12 bits per heavy atom. The number of nitrogens with zero attached hydrogens (tertiary/aromatic N) is 2. The van der Waals surface area contributed by atoms with Crippen molar-refractivity contribution in [3.63, 3.8) is 0 Å². The first-order valence-electron chi connectivity index (χ1n) is 8.44. The maximum atomic E-state index is 5.72. The molecule has 1 aliphatic rings. The summed E-state index contributed by atoms with van der Waals surface area (Å²) in [6, 6.07) is 9.60. The third-order valence-electron chi connectivity index (χ3n) is 4.36. The summed E-state index contributed by atoms with van der Waals surface area (Å²) >= 11 is 1.53. The van der Waals surface area contributed by atoms with Crippen molar-refractivity contribution in [2.75, 3.05) is 26.6 Å². The highest BCUT2D eigenvalue weighted by atomic mass is 32.2. The maximum absolute atomic E-state index is 5.72. The maximum Gasteiger partial charge on any atom is 0.255 e. The van der Waals surface area contributed by atoms with Crippen LogP contribution in [0.2, 0.25) is 0 Å². The number of rotatable bonds is 6. The molecule has 1 fully saturated rings. The summed E-state index contributed by atoms with van der Waals surface area (Å²) in [6.45, 7) is 6.08. The highest BCUT2D eigenvalue weighted by molar-refractivity contribution is 8.13. The number of aromatic nitrogens is 1. The largest absolute Gasteiger partial charge is 0.497 e. The van der Waals surface area contributed by atoms with E-state index in [4.69, 9.17) is 23.7 Å². The Morgan fingerprint density at radius 3 is 2.73 bits per heavy atom. The van der Waals surface area contributed by atoms with Gasteiger partial charge in [-0.1, -0.05) is 26.0 Å². The van der Waals surface area contributed by atoms with Gasteiger partial charge in [-0.25, -0.2) is 0 Å². The lowest BCUT2D eigenvalue weighted by atomic mass is 9.88. The van der Waals surface area contributed by atoms with Gasteiger partial charge in [0.2, 0.25) is 0 Å². The standard InChI is InChI=1S/C19H24N2O4S/c1-19(2)12-23-11-16(19)20-18(26-4)15-9-17(21-25-15)24-10-13-5-7-14(22-3)8-6-13/h5-9,16H,10-12H2,1-4H3/t16-/m0/s1. The number of ether oxygens (including phenoxy) is 3. The average Bonchev–Trinajstić information content (AvgIpc) is 3.24. The van der Waals surface area contributed by atoms with Gasteiger partial charge in [0.15, 0.2) is 5.76 Å². The fourth-order valence-corrected chi connectivity index (χ4v) is 3.16. The van der Waals surface area contributed by atoms with Crippen molar-refractivity contribution in [1.29, 1.82) is 0 Å². The van der Waals surface area contributed by atoms with Crippen LogP contribution < -0.4 is 9.47 Å². The van der Waals surface area contributed by atoms with Crippen molar-refractivity contribution in [2.24, 2.45) is 10.4 Å². The van der Waals surface area contributed by atoms with Crippen LogP contribution in [0.3, 0.4) is 0 Å². The minimum absolute atomic E-state index is 0.0225. The van der Waals surface area contributed by atoms with E-state index < -0.39 is 0 Å². The van der Waals surface area contributed by atoms with Crippen LogP contribution in [-0.4, -0.2) is 42.8 Å². The zero-order valence-electron chi connectivity index (χ0n) is 15.5. The molecule has 1 saturated heterocycles. The van der Waals surface area contributed by atoms with Crippen molar-refractivity contribution < 1.29 is 18.7 Å². The van der Waals surface area contributed by atoms with E-state index >= 15 is 0 Å². The first kappa shape index (κ1) is 18.8. The van der Waals surface area contributed by atoms with Crippen LogP contribution in [0.15, 0.2) is 39.8 Å². The second-order valence-electron chi connectivity index (χ2n) is 6.82. The third kappa shape index (κ3) is 4.40. The molecule has 2 aromatic rings. The lowest BCUT2D eigenvalue weighted by Gasteiger charge is -2.21. The molecule has 0 bridgehead atoms. The summed E-state index contributed by atoms with van der Waals surface area (Å²) in [5.41, 5.74) is 1.05. The van der Waals surface area contributed by atoms with Gasteiger partial charge in [-0.15, -0.1) is 11.8 Å². The summed E-state index contributed by atoms with van der Waals surface area (Å²) < 4.78 is 21.9. The minimum Gasteiger partial charge on any atom is -0.497 e. The van der Waals surface area contributed by atoms with E-state index in [0.29, 0.717) is 24.9 Å². The Kier molecular flexibility index (Phi) is 5.88. The second-order valence-corrected chi connectivity index (χ2v) is 7.62. The number of benzene rings is 1. The molecule has 0 spiro atoms. The fourth-order valence-electron chi connectivity index (χ4n) is 2.63. The molecule has 140 valence electrons. The topological polar surface area (TPSA) is 66.1 Å². The molecule has 0 N–H and O–H groups in total. The SMILES string of the molecule is COc1ccc(COc2cc(C(=N[C@H]3COCC3(C)C)SC)on2)cc1. The first-order valence-corrected chi connectivity index (χ1v) is 9.66. The highest BCUT2D eigenvalue weighted by Gasteiger charge is 2.36. The molecular formula is C19H24N2O4S. The third-order valence-corrected chi connectivity index (χ3v) is 5.06. The molecule has 1 aliphatic heterocycles. The molecule has 3 rings (SSSR count). The fraction of sp³-hybridized carbons (Fsp3) is 0.474. The minimum atomic E-state index is 0.0225. The summed E-state index contributed by atoms with van der Waals surface area (Å²) in [7, 11) is 1.64. The van der Waals surface area contributed by atoms with Gasteiger partial charge in [0.25, 0.3) is 5.88 Å². The molecule has 7 heteroatoms. The molecule has 0 amide bonds. The molecule has 6 nitrogen and oxygen atoms in total. The number of hydrogen-bond donors (Lipinski definition) is 0. The molecule has 1 aromatic carbocycles. The van der Waals surface area contributed by atoms with Gasteiger partial charge in [-0.3, -0.25) is 4.99 Å². The van der Waals surface area contributed by atoms with Crippen LogP contribution in [0.4, 0.5) is 0 Å². The van der Waals surface area contributed by atoms with Crippen LogP contribution in [0.25, 0.3) is 0 Å². The normalized spacial score (nSPS) is 19.5. The number of aliphatic imine (C=N–C) groups is 1. The van der Waals surface area contributed by atoms with E-state index in [9.17, 15) is 0 Å². The van der Waals surface area contributed by atoms with Crippen LogP contribution in [0.1, 0.15) is 25.2 Å². The Balaban J connectivity index is 1.65. The van der Waals surface area contributed by atoms with Crippen LogP contribution in [0.5, 0.6) is 11.6 Å². The number of hydrogen-bond acceptors (Lipinski definition) is 7. The number of methoxy groups -OCH3 is 1. The first-order chi connectivity index (χ1) is 12.5. The monoisotopic (exact) mass is 376 g/mol. The Labute approximate surface area is 157 Å². The van der Waals surface area contributed by atoms with Gasteiger partial charge in [0.1, 0.15) is 17.4 Å². The summed E-state index contributed by atoms with van der Waals surface area (Å²) in [4.78, 5) is 4.82. The van der Waals surface area contributed by atoms with Crippen molar-refractivity contribution in [3.8, 4) is 11.6 Å². The molecule has 0 radical (unpaired) electrons. The molecular weight excluding hydrogens is 352 g/mol. The summed E-state index contributed by atoms with van der Waals surface area (Å²) in [5.74, 6) is 1.88. The zero-order chi connectivity index (χ0) is 18.6. The Bertz CT molecular complexity index is 755. The van der Waals surface area contributed by atoms with E-state index in [-0.39, 0.29) is 11.5 Å². The molecule has 0 saturated carbocycles. The van der Waals surface area contributed by atoms with E-state index in [1.807, 2.05) is 30.5 Å². The van der Waals surface area contributed by atoms with Crippen molar-refractivity contribution in [1.82, 2.24) is 5.16 Å². The lowest BCUT2D eigenvalue weighted by Crippen LogP contribution is -2.26. The summed E-state index contributed by atoms with van der Waals surface area (Å²) in [6.07, 6.45) is 1.97. The molecule has 26 heavy (non-hydrogen) atoms.